The summed E-state index contributed by atoms with van der Waals surface area (Å²) in [5.74, 6) is -0.454. The smallest absolute Gasteiger partial charge is 0.295 e. The highest BCUT2D eigenvalue weighted by Gasteiger charge is 2.47. The van der Waals surface area contributed by atoms with E-state index in [9.17, 15) is 14.7 Å². The van der Waals surface area contributed by atoms with Gasteiger partial charge in [0.05, 0.1) is 5.57 Å². The van der Waals surface area contributed by atoms with Crippen molar-refractivity contribution in [1.29, 1.82) is 0 Å². The summed E-state index contributed by atoms with van der Waals surface area (Å²) in [6, 6.07) is 9.23. The SMILES string of the molecule is CCN(CC)CCN1C(=O)C(=O)C(=C(O)c2ccc(Cl)cc2)[C@H]1c1ccc(C)o1. The minimum atomic E-state index is -0.769. The standard InChI is InChI=1S/C22H25ClN2O4/c1-4-24(5-2)12-13-25-19(17-11-6-14(3)29-17)18(21(27)22(25)28)20(26)15-7-9-16(23)10-8-15/h6-11,19,26H,4-5,12-13H2,1-3H3/t19-/m1/s1. The maximum absolute atomic E-state index is 12.9. The van der Waals surface area contributed by atoms with Crippen LogP contribution in [0.1, 0.15) is 37.0 Å². The molecule has 0 spiro atoms. The van der Waals surface area contributed by atoms with Gasteiger partial charge in [-0.2, -0.15) is 0 Å². The van der Waals surface area contributed by atoms with Crippen LogP contribution in [0, 0.1) is 6.92 Å². The predicted octanol–water partition coefficient (Wildman–Crippen LogP) is 4.00. The molecule has 6 nitrogen and oxygen atoms in total. The molecule has 1 amide bonds. The number of halogens is 1. The van der Waals surface area contributed by atoms with Crippen LogP contribution in [0.25, 0.3) is 5.76 Å². The number of carbonyl (C=O) groups excluding carboxylic acids is 2. The molecule has 1 aliphatic heterocycles. The van der Waals surface area contributed by atoms with Crippen LogP contribution in [0.3, 0.4) is 0 Å². The molecule has 7 heteroatoms. The second kappa shape index (κ2) is 8.84. The minimum absolute atomic E-state index is 0.0335. The second-order valence-corrected chi connectivity index (χ2v) is 7.41. The molecule has 1 N–H and O–H groups in total. The van der Waals surface area contributed by atoms with Gasteiger partial charge in [-0.1, -0.05) is 25.4 Å². The first-order valence-electron chi connectivity index (χ1n) is 9.70. The number of rotatable bonds is 7. The van der Waals surface area contributed by atoms with E-state index in [1.54, 1.807) is 43.3 Å². The van der Waals surface area contributed by atoms with Crippen molar-refractivity contribution in [3.63, 3.8) is 0 Å². The molecule has 1 aromatic heterocycles. The van der Waals surface area contributed by atoms with Gasteiger partial charge in [-0.25, -0.2) is 0 Å². The number of Topliss-reactive ketones (excluding diaryl/α,β-unsaturated/α-hetero) is 1. The largest absolute Gasteiger partial charge is 0.507 e. The van der Waals surface area contributed by atoms with E-state index >= 15 is 0 Å². The van der Waals surface area contributed by atoms with Crippen LogP contribution in [0.5, 0.6) is 0 Å². The number of aliphatic hydroxyl groups is 1. The summed E-state index contributed by atoms with van der Waals surface area (Å²) in [6.45, 7) is 8.55. The first kappa shape index (κ1) is 21.1. The van der Waals surface area contributed by atoms with E-state index in [-0.39, 0.29) is 11.3 Å². The van der Waals surface area contributed by atoms with E-state index in [0.29, 0.717) is 35.2 Å². The summed E-state index contributed by atoms with van der Waals surface area (Å²) in [5.41, 5.74) is 0.454. The number of ketones is 1. The zero-order chi connectivity index (χ0) is 21.1. The molecule has 0 bridgehead atoms. The molecular weight excluding hydrogens is 392 g/mol. The fraction of sp³-hybridized carbons (Fsp3) is 0.364. The van der Waals surface area contributed by atoms with Crippen molar-refractivity contribution in [2.45, 2.75) is 26.8 Å². The van der Waals surface area contributed by atoms with Crippen LogP contribution in [0.15, 0.2) is 46.4 Å². The number of aryl methyl sites for hydroxylation is 1. The van der Waals surface area contributed by atoms with Gasteiger partial charge in [-0.15, -0.1) is 0 Å². The van der Waals surface area contributed by atoms with Crippen molar-refractivity contribution in [2.24, 2.45) is 0 Å². The number of furan rings is 1. The number of hydrogen-bond acceptors (Lipinski definition) is 5. The first-order chi connectivity index (χ1) is 13.9. The highest BCUT2D eigenvalue weighted by Crippen LogP contribution is 2.39. The molecule has 1 aromatic carbocycles. The molecule has 1 atom stereocenters. The lowest BCUT2D eigenvalue weighted by molar-refractivity contribution is -0.140. The topological polar surface area (TPSA) is 74.0 Å². The van der Waals surface area contributed by atoms with E-state index in [2.05, 4.69) is 4.90 Å². The number of hydrogen-bond donors (Lipinski definition) is 1. The molecule has 1 aliphatic rings. The van der Waals surface area contributed by atoms with Crippen molar-refractivity contribution >= 4 is 29.1 Å². The number of likely N-dealkylation sites (tertiary alicyclic amines) is 1. The number of likely N-dealkylation sites (N-methyl/N-ethyl adjacent to an activating group) is 1. The molecule has 2 aromatic rings. The molecule has 0 saturated carbocycles. The average Bonchev–Trinajstić information content (AvgIpc) is 3.24. The fourth-order valence-electron chi connectivity index (χ4n) is 3.56. The Morgan fingerprint density at radius 1 is 1.14 bits per heavy atom. The quantitative estimate of drug-likeness (QED) is 0.419. The van der Waals surface area contributed by atoms with Crippen LogP contribution in [-0.2, 0) is 9.59 Å². The van der Waals surface area contributed by atoms with Crippen LogP contribution in [-0.4, -0.2) is 52.8 Å². The van der Waals surface area contributed by atoms with Crippen LogP contribution >= 0.6 is 11.6 Å². The number of benzene rings is 1. The van der Waals surface area contributed by atoms with E-state index < -0.39 is 17.7 Å². The Morgan fingerprint density at radius 2 is 1.79 bits per heavy atom. The Morgan fingerprint density at radius 3 is 2.34 bits per heavy atom. The van der Waals surface area contributed by atoms with Crippen molar-refractivity contribution in [2.75, 3.05) is 26.2 Å². The Balaban J connectivity index is 2.06. The van der Waals surface area contributed by atoms with Gasteiger partial charge in [0, 0.05) is 23.7 Å². The van der Waals surface area contributed by atoms with Crippen molar-refractivity contribution < 1.29 is 19.1 Å². The average molecular weight is 417 g/mol. The summed E-state index contributed by atoms with van der Waals surface area (Å²) in [7, 11) is 0. The summed E-state index contributed by atoms with van der Waals surface area (Å²) in [6.07, 6.45) is 0. The van der Waals surface area contributed by atoms with Gasteiger partial charge in [-0.05, 0) is 56.4 Å². The fourth-order valence-corrected chi connectivity index (χ4v) is 3.69. The van der Waals surface area contributed by atoms with Gasteiger partial charge in [0.2, 0.25) is 0 Å². The monoisotopic (exact) mass is 416 g/mol. The lowest BCUT2D eigenvalue weighted by atomic mass is 9.99. The van der Waals surface area contributed by atoms with Crippen LogP contribution in [0.4, 0.5) is 0 Å². The zero-order valence-electron chi connectivity index (χ0n) is 16.8. The number of nitrogens with zero attached hydrogens (tertiary/aromatic N) is 2. The number of carbonyl (C=O) groups is 2. The lowest BCUT2D eigenvalue weighted by Gasteiger charge is -2.26. The number of amides is 1. The molecular formula is C22H25ClN2O4. The van der Waals surface area contributed by atoms with E-state index in [0.717, 1.165) is 13.1 Å². The second-order valence-electron chi connectivity index (χ2n) is 6.97. The van der Waals surface area contributed by atoms with Crippen molar-refractivity contribution in [3.05, 3.63) is 64.1 Å². The molecule has 0 radical (unpaired) electrons. The van der Waals surface area contributed by atoms with Crippen LogP contribution in [0.2, 0.25) is 5.02 Å². The highest BCUT2D eigenvalue weighted by molar-refractivity contribution is 6.46. The van der Waals surface area contributed by atoms with Gasteiger partial charge in [0.25, 0.3) is 11.7 Å². The highest BCUT2D eigenvalue weighted by atomic mass is 35.5. The van der Waals surface area contributed by atoms with E-state index in [1.807, 2.05) is 13.8 Å². The Bertz CT molecular complexity index is 929. The Labute approximate surface area is 175 Å². The summed E-state index contributed by atoms with van der Waals surface area (Å²) in [4.78, 5) is 29.4. The van der Waals surface area contributed by atoms with Crippen molar-refractivity contribution in [1.82, 2.24) is 9.80 Å². The summed E-state index contributed by atoms with van der Waals surface area (Å²) in [5, 5.41) is 11.4. The zero-order valence-corrected chi connectivity index (χ0v) is 17.6. The molecule has 1 fully saturated rings. The summed E-state index contributed by atoms with van der Waals surface area (Å²) >= 11 is 5.93. The van der Waals surface area contributed by atoms with Gasteiger partial charge in [0.15, 0.2) is 0 Å². The first-order valence-corrected chi connectivity index (χ1v) is 10.1. The molecule has 0 unspecified atom stereocenters. The minimum Gasteiger partial charge on any atom is -0.507 e. The molecule has 1 saturated heterocycles. The van der Waals surface area contributed by atoms with E-state index in [1.165, 1.54) is 4.90 Å². The lowest BCUT2D eigenvalue weighted by Crippen LogP contribution is -2.37. The maximum Gasteiger partial charge on any atom is 0.295 e. The maximum atomic E-state index is 12.9. The number of aliphatic hydroxyl groups excluding tert-OH is 1. The molecule has 154 valence electrons. The molecule has 2 heterocycles. The van der Waals surface area contributed by atoms with Gasteiger partial charge >= 0.3 is 0 Å². The van der Waals surface area contributed by atoms with Crippen LogP contribution < -0.4 is 0 Å². The van der Waals surface area contributed by atoms with Gasteiger partial charge in [0.1, 0.15) is 23.3 Å². The molecule has 3 rings (SSSR count). The molecule has 0 aliphatic carbocycles. The third kappa shape index (κ3) is 4.23. The van der Waals surface area contributed by atoms with E-state index in [4.69, 9.17) is 16.0 Å². The third-order valence-corrected chi connectivity index (χ3v) is 5.49. The summed E-state index contributed by atoms with van der Waals surface area (Å²) < 4.78 is 5.76. The molecule has 29 heavy (non-hydrogen) atoms. The van der Waals surface area contributed by atoms with Gasteiger partial charge in [-0.3, -0.25) is 9.59 Å². The Hall–Kier alpha value is -2.57. The van der Waals surface area contributed by atoms with Gasteiger partial charge < -0.3 is 19.3 Å². The normalized spacial score (nSPS) is 18.8. The van der Waals surface area contributed by atoms with Crippen molar-refractivity contribution in [3.8, 4) is 0 Å². The predicted molar refractivity (Wildman–Crippen MR) is 112 cm³/mol. The third-order valence-electron chi connectivity index (χ3n) is 5.24. The Kier molecular flexibility index (Phi) is 6.45.